The van der Waals surface area contributed by atoms with Gasteiger partial charge in [0.05, 0.1) is 6.61 Å². The Balaban J connectivity index is 1.66. The van der Waals surface area contributed by atoms with Gasteiger partial charge < -0.3 is 4.74 Å². The molecule has 3 nitrogen and oxygen atoms in total. The number of hydrogen-bond acceptors (Lipinski definition) is 4. The Labute approximate surface area is 130 Å². The molecule has 0 aliphatic heterocycles. The van der Waals surface area contributed by atoms with Gasteiger partial charge in [-0.2, -0.15) is 0 Å². The fourth-order valence-corrected chi connectivity index (χ4v) is 2.98. The van der Waals surface area contributed by atoms with E-state index < -0.39 is 0 Å². The molecule has 2 aromatic heterocycles. The summed E-state index contributed by atoms with van der Waals surface area (Å²) in [7, 11) is 0. The van der Waals surface area contributed by atoms with Crippen LogP contribution in [0, 0.1) is 0 Å². The highest BCUT2D eigenvalue weighted by Crippen LogP contribution is 2.24. The summed E-state index contributed by atoms with van der Waals surface area (Å²) in [6, 6.07) is 9.45. The number of halogens is 2. The number of benzene rings is 1. The van der Waals surface area contributed by atoms with E-state index in [1.807, 2.05) is 35.7 Å². The average molecular weight is 325 g/mol. The van der Waals surface area contributed by atoms with Crippen molar-refractivity contribution < 1.29 is 4.74 Å². The van der Waals surface area contributed by atoms with E-state index in [1.54, 1.807) is 11.3 Å². The predicted octanol–water partition coefficient (Wildman–Crippen LogP) is 4.71. The van der Waals surface area contributed by atoms with Crippen molar-refractivity contribution in [3.63, 3.8) is 0 Å². The molecule has 0 radical (unpaired) electrons. The van der Waals surface area contributed by atoms with Gasteiger partial charge >= 0.3 is 0 Å². The van der Waals surface area contributed by atoms with Crippen molar-refractivity contribution in [3.8, 4) is 0 Å². The maximum atomic E-state index is 6.10. The van der Waals surface area contributed by atoms with Crippen molar-refractivity contribution >= 4 is 44.8 Å². The second-order valence-corrected chi connectivity index (χ2v) is 5.88. The highest BCUT2D eigenvalue weighted by Gasteiger charge is 2.07. The number of fused-ring (bicyclic) bond motifs is 1. The summed E-state index contributed by atoms with van der Waals surface area (Å²) in [6.07, 6.45) is 0. The minimum absolute atomic E-state index is 0.330. The first kappa shape index (κ1) is 13.8. The normalized spacial score (nSPS) is 11.1. The fraction of sp³-hybridized carbons (Fsp3) is 0.143. The number of ether oxygens (including phenoxy) is 1. The predicted molar refractivity (Wildman–Crippen MR) is 82.4 cm³/mol. The molecule has 2 heterocycles. The van der Waals surface area contributed by atoms with Crippen LogP contribution >= 0.6 is 34.5 Å². The lowest BCUT2D eigenvalue weighted by atomic mass is 10.2. The Morgan fingerprint density at radius 1 is 1.00 bits per heavy atom. The first-order valence-corrected chi connectivity index (χ1v) is 7.58. The number of thiophene rings is 1. The fourth-order valence-electron chi connectivity index (χ4n) is 1.77. The molecule has 0 amide bonds. The van der Waals surface area contributed by atoms with E-state index in [1.165, 1.54) is 0 Å². The molecule has 0 aliphatic carbocycles. The maximum Gasteiger partial charge on any atom is 0.157 e. The standard InChI is InChI=1S/C14H10Cl2N2OS/c15-10-3-1-9(2-4-10)7-19-8-12-17-13(16)11-5-6-20-14(11)18-12/h1-6H,7-8H2. The summed E-state index contributed by atoms with van der Waals surface area (Å²) in [5.41, 5.74) is 1.05. The topological polar surface area (TPSA) is 35.0 Å². The summed E-state index contributed by atoms with van der Waals surface area (Å²) in [6.45, 7) is 0.816. The van der Waals surface area contributed by atoms with E-state index in [-0.39, 0.29) is 0 Å². The van der Waals surface area contributed by atoms with Crippen LogP contribution in [0.1, 0.15) is 11.4 Å². The average Bonchev–Trinajstić information content (AvgIpc) is 2.90. The molecule has 0 saturated heterocycles. The van der Waals surface area contributed by atoms with Gasteiger partial charge in [-0.25, -0.2) is 9.97 Å². The van der Waals surface area contributed by atoms with Crippen LogP contribution < -0.4 is 0 Å². The van der Waals surface area contributed by atoms with E-state index in [9.17, 15) is 0 Å². The van der Waals surface area contributed by atoms with E-state index >= 15 is 0 Å². The van der Waals surface area contributed by atoms with Crippen molar-refractivity contribution in [2.45, 2.75) is 13.2 Å². The van der Waals surface area contributed by atoms with Gasteiger partial charge in [-0.3, -0.25) is 0 Å². The third-order valence-electron chi connectivity index (χ3n) is 2.74. The molecule has 0 bridgehead atoms. The van der Waals surface area contributed by atoms with Gasteiger partial charge in [-0.15, -0.1) is 11.3 Å². The SMILES string of the molecule is Clc1ccc(COCc2nc(Cl)c3ccsc3n2)cc1. The number of nitrogens with zero attached hydrogens (tertiary/aromatic N) is 2. The third kappa shape index (κ3) is 3.10. The zero-order chi connectivity index (χ0) is 13.9. The smallest absolute Gasteiger partial charge is 0.157 e. The lowest BCUT2D eigenvalue weighted by molar-refractivity contribution is 0.102. The summed E-state index contributed by atoms with van der Waals surface area (Å²) in [4.78, 5) is 9.54. The van der Waals surface area contributed by atoms with Crippen molar-refractivity contribution in [1.29, 1.82) is 0 Å². The second kappa shape index (κ2) is 6.06. The summed E-state index contributed by atoms with van der Waals surface area (Å²) in [5, 5.41) is 4.02. The lowest BCUT2D eigenvalue weighted by Crippen LogP contribution is -1.99. The van der Waals surface area contributed by atoms with Gasteiger partial charge in [-0.05, 0) is 29.1 Å². The minimum atomic E-state index is 0.330. The minimum Gasteiger partial charge on any atom is -0.369 e. The van der Waals surface area contributed by atoms with Crippen LogP contribution in [-0.2, 0) is 18.0 Å². The Bertz CT molecular complexity index is 728. The quantitative estimate of drug-likeness (QED) is 0.651. The molecular formula is C14H10Cl2N2OS. The van der Waals surface area contributed by atoms with Crippen molar-refractivity contribution in [1.82, 2.24) is 9.97 Å². The van der Waals surface area contributed by atoms with E-state index in [0.29, 0.717) is 29.2 Å². The molecule has 0 saturated carbocycles. The third-order valence-corrected chi connectivity index (χ3v) is 4.08. The van der Waals surface area contributed by atoms with Gasteiger partial charge in [0.1, 0.15) is 16.6 Å². The lowest BCUT2D eigenvalue weighted by Gasteiger charge is -2.04. The van der Waals surface area contributed by atoms with Gasteiger partial charge in [0.25, 0.3) is 0 Å². The number of aromatic nitrogens is 2. The molecule has 0 fully saturated rings. The van der Waals surface area contributed by atoms with Crippen LogP contribution in [0.25, 0.3) is 10.2 Å². The molecular weight excluding hydrogens is 315 g/mol. The van der Waals surface area contributed by atoms with Crippen LogP contribution in [0.3, 0.4) is 0 Å². The summed E-state index contributed by atoms with van der Waals surface area (Å²) in [5.74, 6) is 0.596. The Hall–Kier alpha value is -1.20. The number of hydrogen-bond donors (Lipinski definition) is 0. The van der Waals surface area contributed by atoms with E-state index in [0.717, 1.165) is 15.8 Å². The molecule has 3 rings (SSSR count). The van der Waals surface area contributed by atoms with Crippen molar-refractivity contribution in [3.05, 3.63) is 57.3 Å². The molecule has 0 spiro atoms. The molecule has 0 atom stereocenters. The summed E-state index contributed by atoms with van der Waals surface area (Å²) >= 11 is 13.5. The highest BCUT2D eigenvalue weighted by molar-refractivity contribution is 7.16. The van der Waals surface area contributed by atoms with E-state index in [4.69, 9.17) is 27.9 Å². The monoisotopic (exact) mass is 324 g/mol. The Kier molecular flexibility index (Phi) is 4.17. The molecule has 1 aromatic carbocycles. The molecule has 3 aromatic rings. The Morgan fingerprint density at radius 3 is 2.60 bits per heavy atom. The Morgan fingerprint density at radius 2 is 1.80 bits per heavy atom. The van der Waals surface area contributed by atoms with Gasteiger partial charge in [0.15, 0.2) is 5.82 Å². The molecule has 0 unspecified atom stereocenters. The van der Waals surface area contributed by atoms with E-state index in [2.05, 4.69) is 9.97 Å². The van der Waals surface area contributed by atoms with Crippen LogP contribution in [0.5, 0.6) is 0 Å². The van der Waals surface area contributed by atoms with Crippen LogP contribution in [-0.4, -0.2) is 9.97 Å². The first-order valence-electron chi connectivity index (χ1n) is 5.94. The molecule has 102 valence electrons. The second-order valence-electron chi connectivity index (χ2n) is 4.19. The van der Waals surface area contributed by atoms with Gasteiger partial charge in [0, 0.05) is 10.4 Å². The van der Waals surface area contributed by atoms with Crippen LogP contribution in [0.15, 0.2) is 35.7 Å². The van der Waals surface area contributed by atoms with Crippen molar-refractivity contribution in [2.24, 2.45) is 0 Å². The highest BCUT2D eigenvalue weighted by atomic mass is 35.5. The zero-order valence-corrected chi connectivity index (χ0v) is 12.7. The number of rotatable bonds is 4. The first-order chi connectivity index (χ1) is 9.72. The molecule has 6 heteroatoms. The van der Waals surface area contributed by atoms with Crippen LogP contribution in [0.4, 0.5) is 0 Å². The van der Waals surface area contributed by atoms with Crippen LogP contribution in [0.2, 0.25) is 10.2 Å². The van der Waals surface area contributed by atoms with Gasteiger partial charge in [0.2, 0.25) is 0 Å². The van der Waals surface area contributed by atoms with Crippen molar-refractivity contribution in [2.75, 3.05) is 0 Å². The largest absolute Gasteiger partial charge is 0.369 e. The molecule has 20 heavy (non-hydrogen) atoms. The molecule has 0 aliphatic rings. The van der Waals surface area contributed by atoms with Gasteiger partial charge in [-0.1, -0.05) is 35.3 Å². The zero-order valence-electron chi connectivity index (χ0n) is 10.3. The molecule has 0 N–H and O–H groups in total. The maximum absolute atomic E-state index is 6.10. The summed E-state index contributed by atoms with van der Waals surface area (Å²) < 4.78 is 5.60.